The number of aromatic nitrogens is 1. The van der Waals surface area contributed by atoms with E-state index in [0.29, 0.717) is 24.4 Å². The molecule has 1 aromatic carbocycles. The zero-order chi connectivity index (χ0) is 16.1. The summed E-state index contributed by atoms with van der Waals surface area (Å²) >= 11 is 0. The second kappa shape index (κ2) is 6.91. The van der Waals surface area contributed by atoms with E-state index in [4.69, 9.17) is 4.74 Å². The molecule has 1 aliphatic heterocycles. The molecule has 2 heterocycles. The summed E-state index contributed by atoms with van der Waals surface area (Å²) < 4.78 is 5.68. The van der Waals surface area contributed by atoms with Crippen LogP contribution in [0.2, 0.25) is 0 Å². The molecule has 0 unspecified atom stereocenters. The summed E-state index contributed by atoms with van der Waals surface area (Å²) in [4.78, 5) is 29.5. The molecule has 1 saturated heterocycles. The number of rotatable bonds is 5. The Morgan fingerprint density at radius 3 is 2.65 bits per heavy atom. The zero-order valence-electron chi connectivity index (χ0n) is 12.5. The van der Waals surface area contributed by atoms with E-state index in [1.54, 1.807) is 47.6 Å². The lowest BCUT2D eigenvalue weighted by molar-refractivity contribution is -0.138. The van der Waals surface area contributed by atoms with Crippen LogP contribution in [0.4, 0.5) is 0 Å². The normalized spacial score (nSPS) is 14.0. The summed E-state index contributed by atoms with van der Waals surface area (Å²) in [5, 5.41) is 2.63. The molecule has 2 amide bonds. The van der Waals surface area contributed by atoms with Crippen LogP contribution in [-0.4, -0.2) is 47.4 Å². The van der Waals surface area contributed by atoms with Crippen LogP contribution in [0.3, 0.4) is 0 Å². The van der Waals surface area contributed by atoms with Crippen molar-refractivity contribution in [2.75, 3.05) is 19.6 Å². The van der Waals surface area contributed by atoms with E-state index in [2.05, 4.69) is 10.3 Å². The molecule has 0 radical (unpaired) electrons. The number of hydrogen-bond acceptors (Lipinski definition) is 4. The first-order valence-corrected chi connectivity index (χ1v) is 7.40. The summed E-state index contributed by atoms with van der Waals surface area (Å²) in [5.41, 5.74) is 0.543. The van der Waals surface area contributed by atoms with E-state index >= 15 is 0 Å². The van der Waals surface area contributed by atoms with Gasteiger partial charge in [-0.1, -0.05) is 18.2 Å². The molecule has 6 heteroatoms. The number of nitrogens with one attached hydrogen (secondary N) is 1. The smallest absolute Gasteiger partial charge is 0.251 e. The van der Waals surface area contributed by atoms with Gasteiger partial charge in [0.05, 0.1) is 25.8 Å². The van der Waals surface area contributed by atoms with Gasteiger partial charge in [-0.2, -0.15) is 0 Å². The maximum Gasteiger partial charge on any atom is 0.251 e. The summed E-state index contributed by atoms with van der Waals surface area (Å²) in [6.07, 6.45) is 3.30. The molecule has 23 heavy (non-hydrogen) atoms. The van der Waals surface area contributed by atoms with Crippen LogP contribution in [0.15, 0.2) is 54.9 Å². The highest BCUT2D eigenvalue weighted by atomic mass is 16.5. The highest BCUT2D eigenvalue weighted by Crippen LogP contribution is 2.16. The van der Waals surface area contributed by atoms with Crippen molar-refractivity contribution >= 4 is 11.8 Å². The topological polar surface area (TPSA) is 71.5 Å². The Balaban J connectivity index is 1.40. The third-order valence-corrected chi connectivity index (χ3v) is 3.57. The van der Waals surface area contributed by atoms with Crippen molar-refractivity contribution in [2.24, 2.45) is 0 Å². The fourth-order valence-electron chi connectivity index (χ4n) is 2.28. The lowest BCUT2D eigenvalue weighted by atomic mass is 10.1. The Kier molecular flexibility index (Phi) is 4.52. The minimum atomic E-state index is -0.248. The van der Waals surface area contributed by atoms with Crippen molar-refractivity contribution in [2.45, 2.75) is 6.10 Å². The summed E-state index contributed by atoms with van der Waals surface area (Å²) in [5.74, 6) is 0.338. The van der Waals surface area contributed by atoms with E-state index in [9.17, 15) is 9.59 Å². The first kappa shape index (κ1) is 15.0. The molecule has 1 aliphatic rings. The van der Waals surface area contributed by atoms with Gasteiger partial charge in [0.15, 0.2) is 0 Å². The van der Waals surface area contributed by atoms with Gasteiger partial charge < -0.3 is 15.0 Å². The molecule has 1 aromatic heterocycles. The average Bonchev–Trinajstić information content (AvgIpc) is 2.57. The number of ether oxygens (including phenoxy) is 1. The van der Waals surface area contributed by atoms with Crippen LogP contribution in [0, 0.1) is 0 Å². The predicted molar refractivity (Wildman–Crippen MR) is 84.0 cm³/mol. The van der Waals surface area contributed by atoms with Gasteiger partial charge >= 0.3 is 0 Å². The summed E-state index contributed by atoms with van der Waals surface area (Å²) in [6.45, 7) is 1.04. The van der Waals surface area contributed by atoms with Gasteiger partial charge in [0.1, 0.15) is 11.9 Å². The van der Waals surface area contributed by atoms with Gasteiger partial charge in [0.25, 0.3) is 5.91 Å². The van der Waals surface area contributed by atoms with E-state index < -0.39 is 0 Å². The van der Waals surface area contributed by atoms with Crippen molar-refractivity contribution in [3.63, 3.8) is 0 Å². The second-order valence-electron chi connectivity index (χ2n) is 5.28. The van der Waals surface area contributed by atoms with E-state index in [1.807, 2.05) is 12.1 Å². The van der Waals surface area contributed by atoms with Crippen molar-refractivity contribution in [1.29, 1.82) is 0 Å². The average molecular weight is 311 g/mol. The van der Waals surface area contributed by atoms with Crippen LogP contribution in [0.25, 0.3) is 0 Å². The highest BCUT2D eigenvalue weighted by Gasteiger charge is 2.32. The number of carbonyl (C=O) groups excluding carboxylic acids is 2. The number of hydrogen-bond donors (Lipinski definition) is 1. The maximum absolute atomic E-state index is 12.0. The lowest BCUT2D eigenvalue weighted by Crippen LogP contribution is -2.58. The molecule has 0 spiro atoms. The number of pyridine rings is 1. The first-order chi connectivity index (χ1) is 11.2. The molecule has 2 aromatic rings. The Labute approximate surface area is 134 Å². The summed E-state index contributed by atoms with van der Waals surface area (Å²) in [7, 11) is 0. The van der Waals surface area contributed by atoms with Gasteiger partial charge in [-0.25, -0.2) is 0 Å². The Morgan fingerprint density at radius 1 is 1.17 bits per heavy atom. The SMILES string of the molecule is O=C(NCC(=O)N1CC(Oc2cccnc2)C1)c1ccccc1. The number of amides is 2. The van der Waals surface area contributed by atoms with Gasteiger partial charge in [0.2, 0.25) is 5.91 Å². The van der Waals surface area contributed by atoms with Crippen molar-refractivity contribution in [3.8, 4) is 5.75 Å². The molecule has 6 nitrogen and oxygen atoms in total. The van der Waals surface area contributed by atoms with E-state index in [0.717, 1.165) is 0 Å². The Morgan fingerprint density at radius 2 is 1.96 bits per heavy atom. The predicted octanol–water partition coefficient (Wildman–Crippen LogP) is 1.10. The summed E-state index contributed by atoms with van der Waals surface area (Å²) in [6, 6.07) is 12.5. The minimum Gasteiger partial charge on any atom is -0.485 e. The molecule has 1 fully saturated rings. The molecule has 0 bridgehead atoms. The van der Waals surface area contributed by atoms with Gasteiger partial charge in [0, 0.05) is 11.8 Å². The molecule has 1 N–H and O–H groups in total. The zero-order valence-corrected chi connectivity index (χ0v) is 12.5. The monoisotopic (exact) mass is 311 g/mol. The maximum atomic E-state index is 12.0. The first-order valence-electron chi connectivity index (χ1n) is 7.40. The minimum absolute atomic E-state index is 0.00661. The lowest BCUT2D eigenvalue weighted by Gasteiger charge is -2.38. The van der Waals surface area contributed by atoms with E-state index in [1.165, 1.54) is 0 Å². The number of benzene rings is 1. The second-order valence-corrected chi connectivity index (χ2v) is 5.28. The molecule has 0 atom stereocenters. The number of nitrogens with zero attached hydrogens (tertiary/aromatic N) is 2. The largest absolute Gasteiger partial charge is 0.485 e. The van der Waals surface area contributed by atoms with Crippen molar-refractivity contribution in [3.05, 3.63) is 60.4 Å². The van der Waals surface area contributed by atoms with Crippen LogP contribution in [0.5, 0.6) is 5.75 Å². The Bertz CT molecular complexity index is 670. The van der Waals surface area contributed by atoms with Gasteiger partial charge in [-0.15, -0.1) is 0 Å². The highest BCUT2D eigenvalue weighted by molar-refractivity contribution is 5.96. The number of carbonyl (C=O) groups is 2. The van der Waals surface area contributed by atoms with Gasteiger partial charge in [-0.05, 0) is 24.3 Å². The molecule has 3 rings (SSSR count). The van der Waals surface area contributed by atoms with Crippen LogP contribution >= 0.6 is 0 Å². The molecular weight excluding hydrogens is 294 g/mol. The fourth-order valence-corrected chi connectivity index (χ4v) is 2.28. The third kappa shape index (κ3) is 3.85. The molecule has 0 saturated carbocycles. The third-order valence-electron chi connectivity index (χ3n) is 3.57. The molecular formula is C17H17N3O3. The van der Waals surface area contributed by atoms with Crippen molar-refractivity contribution in [1.82, 2.24) is 15.2 Å². The van der Waals surface area contributed by atoms with Crippen molar-refractivity contribution < 1.29 is 14.3 Å². The quantitative estimate of drug-likeness (QED) is 0.897. The van der Waals surface area contributed by atoms with Crippen LogP contribution in [0.1, 0.15) is 10.4 Å². The van der Waals surface area contributed by atoms with Crippen LogP contribution in [-0.2, 0) is 4.79 Å². The molecule has 118 valence electrons. The van der Waals surface area contributed by atoms with E-state index in [-0.39, 0.29) is 24.5 Å². The fraction of sp³-hybridized carbons (Fsp3) is 0.235. The van der Waals surface area contributed by atoms with Gasteiger partial charge in [-0.3, -0.25) is 14.6 Å². The Hall–Kier alpha value is -2.89. The van der Waals surface area contributed by atoms with Crippen LogP contribution < -0.4 is 10.1 Å². The molecule has 0 aliphatic carbocycles. The number of likely N-dealkylation sites (tertiary alicyclic amines) is 1. The standard InChI is InChI=1S/C17H17N3O3/c21-16(10-19-17(22)13-5-2-1-3-6-13)20-11-15(12-20)23-14-7-4-8-18-9-14/h1-9,15H,10-12H2,(H,19,22).